The van der Waals surface area contributed by atoms with Gasteiger partial charge in [-0.15, -0.1) is 0 Å². The molecule has 6 N–H and O–H groups in total. The van der Waals surface area contributed by atoms with Crippen LogP contribution in [0.25, 0.3) is 33.1 Å². The summed E-state index contributed by atoms with van der Waals surface area (Å²) in [6, 6.07) is 17.9. The van der Waals surface area contributed by atoms with Gasteiger partial charge in [-0.05, 0) is 52.9 Å². The molecule has 290 valence electrons. The van der Waals surface area contributed by atoms with Gasteiger partial charge in [0.05, 0.1) is 27.9 Å². The smallest absolute Gasteiger partial charge is 0.168 e. The van der Waals surface area contributed by atoms with Gasteiger partial charge in [0.15, 0.2) is 29.2 Å². The van der Waals surface area contributed by atoms with Crippen LogP contribution in [0.5, 0.6) is 34.5 Å². The van der Waals surface area contributed by atoms with Crippen LogP contribution in [0.15, 0.2) is 84.9 Å². The molecule has 4 atom stereocenters. The van der Waals surface area contributed by atoms with E-state index in [-0.39, 0.29) is 40.0 Å². The molecule has 7 aromatic rings. The molecule has 0 saturated heterocycles. The number of rotatable bonds is 14. The van der Waals surface area contributed by atoms with E-state index < -0.39 is 60.9 Å². The molecular weight excluding hydrogens is 879 g/mol. The standard InChI is InChI=1S/C38H28ClF4IN4O8/c39-22-4-2-1-3-21(22)35-33-25(45-47-35)11-19(54-29-7-5-17(40)9-23(29)42)13-31(33)53-16-28(51)36(52)37(27(50)15-49)56-32-14-20(12-26-34(32)38(44)48-46-26)55-30-8-6-18(41)10-24(30)43/h1-14,27-28,36-37,49-52H,15-16H2,(H,45,47)(H,46,48). The molecule has 2 aromatic heterocycles. The van der Waals surface area contributed by atoms with Crippen molar-refractivity contribution in [2.75, 3.05) is 13.2 Å². The molecule has 7 rings (SSSR count). The van der Waals surface area contributed by atoms with Gasteiger partial charge >= 0.3 is 0 Å². The van der Waals surface area contributed by atoms with E-state index in [2.05, 4.69) is 20.4 Å². The maximum absolute atomic E-state index is 14.5. The molecule has 0 aliphatic heterocycles. The van der Waals surface area contributed by atoms with E-state index in [1.807, 2.05) is 22.6 Å². The Hall–Kier alpha value is -5.18. The molecule has 2 heterocycles. The summed E-state index contributed by atoms with van der Waals surface area (Å²) in [6.07, 6.45) is -7.23. The molecule has 56 heavy (non-hydrogen) atoms. The second-order valence-corrected chi connectivity index (χ2v) is 13.8. The Labute approximate surface area is 332 Å². The first-order chi connectivity index (χ1) is 26.9. The highest BCUT2D eigenvalue weighted by Gasteiger charge is 2.35. The van der Waals surface area contributed by atoms with E-state index >= 15 is 0 Å². The van der Waals surface area contributed by atoms with Gasteiger partial charge in [-0.2, -0.15) is 10.2 Å². The lowest BCUT2D eigenvalue weighted by Gasteiger charge is -2.30. The number of halogens is 6. The molecule has 0 spiro atoms. The number of nitrogens with one attached hydrogen (secondary N) is 2. The molecule has 0 aliphatic carbocycles. The van der Waals surface area contributed by atoms with Crippen molar-refractivity contribution in [2.45, 2.75) is 24.4 Å². The summed E-state index contributed by atoms with van der Waals surface area (Å²) in [6.45, 7) is -1.56. The van der Waals surface area contributed by atoms with Crippen molar-refractivity contribution < 1.29 is 56.9 Å². The summed E-state index contributed by atoms with van der Waals surface area (Å²) < 4.78 is 80.0. The second-order valence-electron chi connectivity index (χ2n) is 12.3. The number of aliphatic hydroxyl groups excluding tert-OH is 4. The van der Waals surface area contributed by atoms with Gasteiger partial charge < -0.3 is 39.4 Å². The summed E-state index contributed by atoms with van der Waals surface area (Å²) in [5.41, 5.74) is 1.45. The summed E-state index contributed by atoms with van der Waals surface area (Å²) in [4.78, 5) is 0. The van der Waals surface area contributed by atoms with Gasteiger partial charge in [0.2, 0.25) is 0 Å². The van der Waals surface area contributed by atoms with Gasteiger partial charge in [0.25, 0.3) is 0 Å². The fraction of sp³-hybridized carbons (Fsp3) is 0.158. The molecule has 12 nitrogen and oxygen atoms in total. The highest BCUT2D eigenvalue weighted by Crippen LogP contribution is 2.41. The highest BCUT2D eigenvalue weighted by molar-refractivity contribution is 14.1. The Morgan fingerprint density at radius 2 is 1.36 bits per heavy atom. The number of hydrogen-bond acceptors (Lipinski definition) is 10. The Kier molecular flexibility index (Phi) is 11.5. The fourth-order valence-corrected chi connectivity index (χ4v) is 6.69. The number of hydrogen-bond donors (Lipinski definition) is 6. The molecule has 0 fully saturated rings. The maximum atomic E-state index is 14.5. The van der Waals surface area contributed by atoms with Crippen molar-refractivity contribution in [3.05, 3.63) is 117 Å². The van der Waals surface area contributed by atoms with Crippen LogP contribution in [-0.4, -0.2) is 78.5 Å². The largest absolute Gasteiger partial charge is 0.490 e. The van der Waals surface area contributed by atoms with Crippen LogP contribution in [0, 0.1) is 27.0 Å². The monoisotopic (exact) mass is 906 g/mol. The van der Waals surface area contributed by atoms with Crippen molar-refractivity contribution >= 4 is 56.0 Å². The number of fused-ring (bicyclic) bond motifs is 2. The van der Waals surface area contributed by atoms with E-state index in [9.17, 15) is 38.0 Å². The molecule has 4 unspecified atom stereocenters. The van der Waals surface area contributed by atoms with E-state index in [0.29, 0.717) is 48.4 Å². The van der Waals surface area contributed by atoms with E-state index in [1.54, 1.807) is 24.3 Å². The second kappa shape index (κ2) is 16.5. The number of H-pyrrole nitrogens is 2. The van der Waals surface area contributed by atoms with Crippen LogP contribution in [0.3, 0.4) is 0 Å². The average Bonchev–Trinajstić information content (AvgIpc) is 3.78. The first kappa shape index (κ1) is 39.1. The third-order valence-electron chi connectivity index (χ3n) is 8.49. The Morgan fingerprint density at radius 1 is 0.714 bits per heavy atom. The zero-order valence-electron chi connectivity index (χ0n) is 28.4. The minimum Gasteiger partial charge on any atom is -0.490 e. The quantitative estimate of drug-likeness (QED) is 0.0477. The lowest BCUT2D eigenvalue weighted by molar-refractivity contribution is -0.110. The first-order valence-electron chi connectivity index (χ1n) is 16.5. The van der Waals surface area contributed by atoms with Gasteiger partial charge in [-0.1, -0.05) is 29.8 Å². The summed E-state index contributed by atoms with van der Waals surface area (Å²) in [5.74, 6) is -4.20. The number of aromatic nitrogens is 4. The van der Waals surface area contributed by atoms with E-state index in [4.69, 9.17) is 30.5 Å². The number of ether oxygens (including phenoxy) is 4. The maximum Gasteiger partial charge on any atom is 0.168 e. The molecule has 0 saturated carbocycles. The number of benzene rings is 5. The number of aliphatic hydroxyl groups is 4. The van der Waals surface area contributed by atoms with Gasteiger partial charge in [0, 0.05) is 42.0 Å². The van der Waals surface area contributed by atoms with Crippen LogP contribution in [0.2, 0.25) is 5.02 Å². The number of nitrogens with zero attached hydrogens (tertiary/aromatic N) is 2. The topological polar surface area (TPSA) is 175 Å². The Bertz CT molecular complexity index is 2540. The molecule has 5 aromatic carbocycles. The van der Waals surface area contributed by atoms with Crippen LogP contribution in [0.1, 0.15) is 0 Å². The summed E-state index contributed by atoms with van der Waals surface area (Å²) in [7, 11) is 0. The van der Waals surface area contributed by atoms with Crippen molar-refractivity contribution in [3.63, 3.8) is 0 Å². The fourth-order valence-electron chi connectivity index (χ4n) is 5.81. The Morgan fingerprint density at radius 3 is 2.00 bits per heavy atom. The van der Waals surface area contributed by atoms with Crippen molar-refractivity contribution in [1.29, 1.82) is 0 Å². The first-order valence-corrected chi connectivity index (χ1v) is 18.0. The van der Waals surface area contributed by atoms with Crippen LogP contribution in [0.4, 0.5) is 17.6 Å². The predicted octanol–water partition coefficient (Wildman–Crippen LogP) is 7.41. The average molecular weight is 907 g/mol. The summed E-state index contributed by atoms with van der Waals surface area (Å²) >= 11 is 8.41. The van der Waals surface area contributed by atoms with Crippen molar-refractivity contribution in [3.8, 4) is 45.8 Å². The lowest BCUT2D eigenvalue weighted by Crippen LogP contribution is -2.51. The van der Waals surface area contributed by atoms with Crippen molar-refractivity contribution in [1.82, 2.24) is 20.4 Å². The molecular formula is C38H28ClF4IN4O8. The molecule has 18 heteroatoms. The third kappa shape index (κ3) is 8.18. The van der Waals surface area contributed by atoms with E-state index in [0.717, 1.165) is 24.3 Å². The van der Waals surface area contributed by atoms with Gasteiger partial charge in [0.1, 0.15) is 74.5 Å². The molecule has 0 aliphatic rings. The molecule has 0 radical (unpaired) electrons. The normalized spacial score (nSPS) is 13.8. The van der Waals surface area contributed by atoms with Gasteiger partial charge in [-0.25, -0.2) is 17.6 Å². The predicted molar refractivity (Wildman–Crippen MR) is 203 cm³/mol. The van der Waals surface area contributed by atoms with Gasteiger partial charge in [-0.3, -0.25) is 10.2 Å². The summed E-state index contributed by atoms with van der Waals surface area (Å²) in [5, 5.41) is 58.7. The van der Waals surface area contributed by atoms with Crippen LogP contribution < -0.4 is 18.9 Å². The van der Waals surface area contributed by atoms with Crippen LogP contribution >= 0.6 is 34.2 Å². The SMILES string of the molecule is OCC(O)C(Oc1cc(Oc2ccc(F)cc2F)cc2n[nH]c(I)c12)C(O)C(O)COc1cc(Oc2ccc(F)cc2F)cc2[nH]nc(-c3ccccc3Cl)c12. The van der Waals surface area contributed by atoms with E-state index in [1.165, 1.54) is 24.3 Å². The third-order valence-corrected chi connectivity index (χ3v) is 9.60. The zero-order chi connectivity index (χ0) is 39.7. The number of aromatic amines is 2. The highest BCUT2D eigenvalue weighted by atomic mass is 127. The Balaban J connectivity index is 1.19. The molecule has 0 bridgehead atoms. The van der Waals surface area contributed by atoms with Crippen LogP contribution in [-0.2, 0) is 0 Å². The molecule has 0 amide bonds. The minimum absolute atomic E-state index is 0.0161. The zero-order valence-corrected chi connectivity index (χ0v) is 31.3. The van der Waals surface area contributed by atoms with Crippen molar-refractivity contribution in [2.24, 2.45) is 0 Å². The minimum atomic E-state index is -1.94. The lowest BCUT2D eigenvalue weighted by atomic mass is 10.0.